The average molecular weight is 471 g/mol. The number of hydrogen-bond acceptors (Lipinski definition) is 3. The molecule has 1 aliphatic heterocycles. The van der Waals surface area contributed by atoms with Gasteiger partial charge in [0.1, 0.15) is 0 Å². The Hall–Kier alpha value is -1.61. The van der Waals surface area contributed by atoms with Crippen LogP contribution in [0, 0.1) is 0 Å². The first-order chi connectivity index (χ1) is 11.6. The Morgan fingerprint density at radius 3 is 2.52 bits per heavy atom. The zero-order chi connectivity index (χ0) is 17.0. The maximum atomic E-state index is 12.3. The molecule has 1 heterocycles. The number of guanidine groups is 1. The van der Waals surface area contributed by atoms with Gasteiger partial charge in [-0.15, -0.1) is 24.0 Å². The fraction of sp³-hybridized carbons (Fsp3) is 0.278. The number of rotatable bonds is 4. The molecule has 0 aliphatic carbocycles. The van der Waals surface area contributed by atoms with Gasteiger partial charge in [0.2, 0.25) is 0 Å². The Labute approximate surface area is 166 Å². The molecule has 2 aromatic carbocycles. The summed E-state index contributed by atoms with van der Waals surface area (Å²) in [6.45, 7) is 1.17. The van der Waals surface area contributed by atoms with Crippen LogP contribution in [-0.2, 0) is 16.3 Å². The first-order valence-electron chi connectivity index (χ1n) is 7.96. The minimum absolute atomic E-state index is 0. The van der Waals surface area contributed by atoms with Gasteiger partial charge in [-0.1, -0.05) is 36.4 Å². The monoisotopic (exact) mass is 471 g/mol. The van der Waals surface area contributed by atoms with Crippen molar-refractivity contribution >= 4 is 45.5 Å². The average Bonchev–Trinajstić information content (AvgIpc) is 3.03. The number of halogens is 1. The number of nitrogens with one attached hydrogen (secondary N) is 1. The summed E-state index contributed by atoms with van der Waals surface area (Å²) in [5.41, 5.74) is 2.42. The highest BCUT2D eigenvalue weighted by Crippen LogP contribution is 2.27. The van der Waals surface area contributed by atoms with Crippen molar-refractivity contribution in [2.45, 2.75) is 11.3 Å². The van der Waals surface area contributed by atoms with Crippen LogP contribution < -0.4 is 10.2 Å². The molecule has 0 radical (unpaired) electrons. The number of nitrogens with zero attached hydrogens (tertiary/aromatic N) is 2. The summed E-state index contributed by atoms with van der Waals surface area (Å²) < 4.78 is 24.7. The lowest BCUT2D eigenvalue weighted by Crippen LogP contribution is -2.42. The molecule has 0 aromatic heterocycles. The van der Waals surface area contributed by atoms with Crippen molar-refractivity contribution in [2.24, 2.45) is 4.99 Å². The summed E-state index contributed by atoms with van der Waals surface area (Å²) in [4.78, 5) is 6.75. The fourth-order valence-electron chi connectivity index (χ4n) is 2.90. The quantitative estimate of drug-likeness (QED) is 0.423. The summed E-state index contributed by atoms with van der Waals surface area (Å²) in [6, 6.07) is 16.8. The Bertz CT molecular complexity index is 838. The number of fused-ring (bicyclic) bond motifs is 1. The molecule has 3 rings (SSSR count). The number of anilines is 1. The van der Waals surface area contributed by atoms with Gasteiger partial charge in [0.05, 0.1) is 10.6 Å². The minimum atomic E-state index is -3.28. The summed E-state index contributed by atoms with van der Waals surface area (Å²) in [7, 11) is -1.57. The van der Waals surface area contributed by atoms with Crippen LogP contribution in [0.15, 0.2) is 64.5 Å². The van der Waals surface area contributed by atoms with Crippen molar-refractivity contribution in [3.63, 3.8) is 0 Å². The number of hydrogen-bond donors (Lipinski definition) is 1. The molecule has 2 aromatic rings. The Morgan fingerprint density at radius 1 is 1.12 bits per heavy atom. The van der Waals surface area contributed by atoms with E-state index in [0.29, 0.717) is 17.4 Å². The highest BCUT2D eigenvalue weighted by molar-refractivity contribution is 14.0. The van der Waals surface area contributed by atoms with E-state index in [9.17, 15) is 8.42 Å². The van der Waals surface area contributed by atoms with Crippen LogP contribution in [0.3, 0.4) is 0 Å². The normalized spacial score (nSPS) is 14.0. The molecule has 7 heteroatoms. The molecule has 0 spiro atoms. The van der Waals surface area contributed by atoms with Crippen molar-refractivity contribution < 1.29 is 8.42 Å². The van der Waals surface area contributed by atoms with Crippen molar-refractivity contribution in [3.8, 4) is 0 Å². The van der Waals surface area contributed by atoms with Gasteiger partial charge in [-0.25, -0.2) is 8.42 Å². The van der Waals surface area contributed by atoms with Gasteiger partial charge < -0.3 is 10.2 Å². The van der Waals surface area contributed by atoms with Gasteiger partial charge in [0.25, 0.3) is 0 Å². The lowest BCUT2D eigenvalue weighted by Gasteiger charge is -2.22. The molecule has 1 N–H and O–H groups in total. The zero-order valence-corrected chi connectivity index (χ0v) is 17.2. The second-order valence-electron chi connectivity index (χ2n) is 5.64. The molecule has 134 valence electrons. The lowest BCUT2D eigenvalue weighted by atomic mass is 10.2. The van der Waals surface area contributed by atoms with Crippen molar-refractivity contribution in [1.82, 2.24) is 5.32 Å². The molecule has 0 fully saturated rings. The predicted molar refractivity (Wildman–Crippen MR) is 113 cm³/mol. The van der Waals surface area contributed by atoms with Crippen LogP contribution in [0.25, 0.3) is 0 Å². The highest BCUT2D eigenvalue weighted by atomic mass is 127. The van der Waals surface area contributed by atoms with E-state index in [1.807, 2.05) is 18.2 Å². The van der Waals surface area contributed by atoms with E-state index in [0.717, 1.165) is 18.7 Å². The van der Waals surface area contributed by atoms with Crippen LogP contribution in [0.1, 0.15) is 5.56 Å². The third-order valence-electron chi connectivity index (χ3n) is 4.11. The number of para-hydroxylation sites is 1. The van der Waals surface area contributed by atoms with Gasteiger partial charge in [0.15, 0.2) is 15.8 Å². The van der Waals surface area contributed by atoms with Crippen LogP contribution in [0.2, 0.25) is 0 Å². The maximum absolute atomic E-state index is 12.3. The standard InChI is InChI=1S/C18H21N3O2S.HI/c1-19-18(21-13-11-15-7-5-6-10-17(15)21)20-12-14-24(22,23)16-8-3-2-4-9-16;/h2-10H,11-14H2,1H3,(H,19,20);1H. The summed E-state index contributed by atoms with van der Waals surface area (Å²) in [5.74, 6) is 0.745. The van der Waals surface area contributed by atoms with Crippen LogP contribution in [0.4, 0.5) is 5.69 Å². The largest absolute Gasteiger partial charge is 0.355 e. The summed E-state index contributed by atoms with van der Waals surface area (Å²) in [6.07, 6.45) is 0.971. The van der Waals surface area contributed by atoms with Gasteiger partial charge in [-0.05, 0) is 30.2 Å². The predicted octanol–water partition coefficient (Wildman–Crippen LogP) is 2.72. The van der Waals surface area contributed by atoms with Crippen LogP contribution >= 0.6 is 24.0 Å². The van der Waals surface area contributed by atoms with Crippen LogP contribution in [-0.4, -0.2) is 40.3 Å². The minimum Gasteiger partial charge on any atom is -0.355 e. The van der Waals surface area contributed by atoms with E-state index >= 15 is 0 Å². The van der Waals surface area contributed by atoms with Gasteiger partial charge in [-0.2, -0.15) is 0 Å². The molecule has 5 nitrogen and oxygen atoms in total. The highest BCUT2D eigenvalue weighted by Gasteiger charge is 2.22. The van der Waals surface area contributed by atoms with E-state index in [1.54, 1.807) is 31.3 Å². The first-order valence-corrected chi connectivity index (χ1v) is 9.61. The second kappa shape index (κ2) is 8.66. The van der Waals surface area contributed by atoms with E-state index in [1.165, 1.54) is 5.56 Å². The van der Waals surface area contributed by atoms with Gasteiger partial charge in [0, 0.05) is 25.8 Å². The van der Waals surface area contributed by atoms with Gasteiger partial charge >= 0.3 is 0 Å². The maximum Gasteiger partial charge on any atom is 0.198 e. The molecule has 25 heavy (non-hydrogen) atoms. The second-order valence-corrected chi connectivity index (χ2v) is 7.75. The number of sulfone groups is 1. The fourth-order valence-corrected chi connectivity index (χ4v) is 4.07. The van der Waals surface area contributed by atoms with Gasteiger partial charge in [-0.3, -0.25) is 4.99 Å². The van der Waals surface area contributed by atoms with E-state index in [2.05, 4.69) is 27.3 Å². The molecular formula is C18H22IN3O2S. The molecule has 0 amide bonds. The molecule has 0 atom stereocenters. The topological polar surface area (TPSA) is 61.8 Å². The third kappa shape index (κ3) is 4.52. The lowest BCUT2D eigenvalue weighted by molar-refractivity contribution is 0.594. The van der Waals surface area contributed by atoms with Crippen molar-refractivity contribution in [3.05, 3.63) is 60.2 Å². The number of aliphatic imine (C=N–C) groups is 1. The SMILES string of the molecule is CN=C(NCCS(=O)(=O)c1ccccc1)N1CCc2ccccc21.I. The third-order valence-corrected chi connectivity index (χ3v) is 5.84. The molecule has 1 aliphatic rings. The van der Waals surface area contributed by atoms with Crippen molar-refractivity contribution in [1.29, 1.82) is 0 Å². The molecular weight excluding hydrogens is 449 g/mol. The molecule has 0 saturated carbocycles. The Kier molecular flexibility index (Phi) is 6.83. The summed E-state index contributed by atoms with van der Waals surface area (Å²) >= 11 is 0. The Morgan fingerprint density at radius 2 is 1.80 bits per heavy atom. The molecule has 0 bridgehead atoms. The first kappa shape index (κ1) is 19.7. The zero-order valence-electron chi connectivity index (χ0n) is 14.1. The number of benzene rings is 2. The smallest absolute Gasteiger partial charge is 0.198 e. The molecule has 0 saturated heterocycles. The van der Waals surface area contributed by atoms with E-state index in [-0.39, 0.29) is 29.7 Å². The van der Waals surface area contributed by atoms with E-state index < -0.39 is 9.84 Å². The van der Waals surface area contributed by atoms with E-state index in [4.69, 9.17) is 0 Å². The Balaban J connectivity index is 0.00000225. The molecule has 0 unspecified atom stereocenters. The summed E-state index contributed by atoms with van der Waals surface area (Å²) in [5, 5.41) is 3.17. The van der Waals surface area contributed by atoms with Crippen molar-refractivity contribution in [2.75, 3.05) is 30.8 Å². The van der Waals surface area contributed by atoms with Crippen LogP contribution in [0.5, 0.6) is 0 Å².